The monoisotopic (exact) mass is 462 g/mol. The van der Waals surface area contributed by atoms with Crippen molar-refractivity contribution < 1.29 is 26.4 Å². The minimum Gasteiger partial charge on any atom is -0.339 e. The van der Waals surface area contributed by atoms with Crippen molar-refractivity contribution in [2.75, 3.05) is 58.9 Å². The van der Waals surface area contributed by atoms with Crippen LogP contribution in [0.3, 0.4) is 0 Å². The second-order valence-corrected chi connectivity index (χ2v) is 9.78. The summed E-state index contributed by atoms with van der Waals surface area (Å²) in [4.78, 5) is 18.1. The molecule has 3 rings (SSSR count). The van der Waals surface area contributed by atoms with Crippen LogP contribution in [0.25, 0.3) is 0 Å². The first-order valence-corrected chi connectivity index (χ1v) is 11.9. The zero-order valence-corrected chi connectivity index (χ0v) is 18.6. The first-order chi connectivity index (χ1) is 14.6. The minimum absolute atomic E-state index is 0.00878. The molecule has 174 valence electrons. The standard InChI is InChI=1S/C20H29F3N4O3S/c1-3-24-8-10-26(11-9-24)19(28)16(2)25-12-14-27(15-13-25)31(29,30)18-7-5-4-6-17(18)20(21,22)23/h4-7,16H,3,8-15H2,1-2H3. The molecule has 2 saturated heterocycles. The van der Waals surface area contributed by atoms with Crippen LogP contribution in [-0.2, 0) is 21.0 Å². The van der Waals surface area contributed by atoms with Crippen molar-refractivity contribution in [3.63, 3.8) is 0 Å². The summed E-state index contributed by atoms with van der Waals surface area (Å²) in [5, 5.41) is 0. The van der Waals surface area contributed by atoms with Crippen molar-refractivity contribution in [2.24, 2.45) is 0 Å². The van der Waals surface area contributed by atoms with Crippen LogP contribution in [-0.4, -0.2) is 98.3 Å². The number of benzene rings is 1. The van der Waals surface area contributed by atoms with Crippen LogP contribution in [0.2, 0.25) is 0 Å². The Morgan fingerprint density at radius 3 is 2.13 bits per heavy atom. The van der Waals surface area contributed by atoms with Gasteiger partial charge in [-0.15, -0.1) is 0 Å². The fraction of sp³-hybridized carbons (Fsp3) is 0.650. The van der Waals surface area contributed by atoms with Gasteiger partial charge in [0.2, 0.25) is 15.9 Å². The Hall–Kier alpha value is -1.69. The average Bonchev–Trinajstić information content (AvgIpc) is 2.77. The van der Waals surface area contributed by atoms with Crippen molar-refractivity contribution in [3.8, 4) is 0 Å². The van der Waals surface area contributed by atoms with Gasteiger partial charge < -0.3 is 9.80 Å². The number of rotatable bonds is 5. The van der Waals surface area contributed by atoms with Crippen LogP contribution in [0, 0.1) is 0 Å². The van der Waals surface area contributed by atoms with E-state index in [1.54, 1.807) is 6.92 Å². The van der Waals surface area contributed by atoms with Crippen LogP contribution in [0.4, 0.5) is 13.2 Å². The molecule has 1 amide bonds. The fourth-order valence-electron chi connectivity index (χ4n) is 4.10. The SMILES string of the molecule is CCN1CCN(C(=O)C(C)N2CCN(S(=O)(=O)c3ccccc3C(F)(F)F)CC2)CC1. The van der Waals surface area contributed by atoms with Gasteiger partial charge in [0.15, 0.2) is 0 Å². The first-order valence-electron chi connectivity index (χ1n) is 10.5. The Balaban J connectivity index is 1.64. The van der Waals surface area contributed by atoms with Crippen LogP contribution in [0.1, 0.15) is 19.4 Å². The van der Waals surface area contributed by atoms with Crippen molar-refractivity contribution in [1.82, 2.24) is 19.0 Å². The van der Waals surface area contributed by atoms with Crippen LogP contribution < -0.4 is 0 Å². The van der Waals surface area contributed by atoms with Gasteiger partial charge in [-0.1, -0.05) is 19.1 Å². The molecule has 2 heterocycles. The van der Waals surface area contributed by atoms with Crippen LogP contribution >= 0.6 is 0 Å². The molecule has 1 aromatic rings. The zero-order chi connectivity index (χ0) is 22.8. The average molecular weight is 463 g/mol. The molecule has 0 spiro atoms. The van der Waals surface area contributed by atoms with Crippen molar-refractivity contribution in [2.45, 2.75) is 31.0 Å². The number of carbonyl (C=O) groups excluding carboxylic acids is 1. The Morgan fingerprint density at radius 1 is 1.00 bits per heavy atom. The van der Waals surface area contributed by atoms with E-state index in [1.807, 2.05) is 9.80 Å². The molecule has 31 heavy (non-hydrogen) atoms. The van der Waals surface area contributed by atoms with Gasteiger partial charge in [0.25, 0.3) is 0 Å². The third-order valence-corrected chi connectivity index (χ3v) is 8.08. The number of hydrogen-bond donors (Lipinski definition) is 0. The van der Waals surface area contributed by atoms with Gasteiger partial charge >= 0.3 is 6.18 Å². The lowest BCUT2D eigenvalue weighted by atomic mass is 10.2. The summed E-state index contributed by atoms with van der Waals surface area (Å²) in [7, 11) is -4.29. The second-order valence-electron chi connectivity index (χ2n) is 7.87. The molecule has 2 aliphatic heterocycles. The third kappa shape index (κ3) is 5.21. The molecule has 0 aromatic heterocycles. The molecule has 7 nitrogen and oxygen atoms in total. The summed E-state index contributed by atoms with van der Waals surface area (Å²) < 4.78 is 66.7. The van der Waals surface area contributed by atoms with Crippen LogP contribution in [0.5, 0.6) is 0 Å². The summed E-state index contributed by atoms with van der Waals surface area (Å²) in [6, 6.07) is 3.83. The quantitative estimate of drug-likeness (QED) is 0.665. The number of halogens is 3. The van der Waals surface area contributed by atoms with Gasteiger partial charge in [-0.25, -0.2) is 8.42 Å². The number of likely N-dealkylation sites (N-methyl/N-ethyl adjacent to an activating group) is 1. The number of carbonyl (C=O) groups is 1. The number of amides is 1. The van der Waals surface area contributed by atoms with E-state index >= 15 is 0 Å². The highest BCUT2D eigenvalue weighted by molar-refractivity contribution is 7.89. The maximum absolute atomic E-state index is 13.3. The summed E-state index contributed by atoms with van der Waals surface area (Å²) in [5.41, 5.74) is -1.16. The van der Waals surface area contributed by atoms with Crippen molar-refractivity contribution in [1.29, 1.82) is 0 Å². The third-order valence-electron chi connectivity index (χ3n) is 6.12. The lowest BCUT2D eigenvalue weighted by Crippen LogP contribution is -2.57. The molecular formula is C20H29F3N4O3S. The molecule has 0 radical (unpaired) electrons. The molecule has 0 bridgehead atoms. The summed E-state index contributed by atoms with van der Waals surface area (Å²) >= 11 is 0. The van der Waals surface area contributed by atoms with Crippen molar-refractivity contribution >= 4 is 15.9 Å². The Morgan fingerprint density at radius 2 is 1.58 bits per heavy atom. The summed E-state index contributed by atoms with van der Waals surface area (Å²) in [5.74, 6) is 0.00878. The number of alkyl halides is 3. The highest BCUT2D eigenvalue weighted by Gasteiger charge is 2.40. The zero-order valence-electron chi connectivity index (χ0n) is 17.8. The van der Waals surface area contributed by atoms with E-state index in [2.05, 4.69) is 11.8 Å². The molecule has 2 aliphatic rings. The smallest absolute Gasteiger partial charge is 0.339 e. The van der Waals surface area contributed by atoms with E-state index in [0.29, 0.717) is 13.1 Å². The maximum atomic E-state index is 13.3. The summed E-state index contributed by atoms with van der Waals surface area (Å²) in [6.07, 6.45) is -4.76. The predicted molar refractivity (Wildman–Crippen MR) is 110 cm³/mol. The predicted octanol–water partition coefficient (Wildman–Crippen LogP) is 1.56. The highest BCUT2D eigenvalue weighted by Crippen LogP contribution is 2.35. The van der Waals surface area contributed by atoms with Gasteiger partial charge in [0.1, 0.15) is 0 Å². The van der Waals surface area contributed by atoms with E-state index in [9.17, 15) is 26.4 Å². The Labute approximate surface area is 181 Å². The Bertz CT molecular complexity index is 878. The topological polar surface area (TPSA) is 64.2 Å². The normalized spacial score (nSPS) is 21.3. The van der Waals surface area contributed by atoms with Gasteiger partial charge in [0.05, 0.1) is 16.5 Å². The number of hydrogen-bond acceptors (Lipinski definition) is 5. The lowest BCUT2D eigenvalue weighted by molar-refractivity contribution is -0.140. The first kappa shape index (κ1) is 24.0. The number of sulfonamides is 1. The highest BCUT2D eigenvalue weighted by atomic mass is 32.2. The van der Waals surface area contributed by atoms with Crippen molar-refractivity contribution in [3.05, 3.63) is 29.8 Å². The molecule has 1 atom stereocenters. The van der Waals surface area contributed by atoms with E-state index in [-0.39, 0.29) is 32.1 Å². The second kappa shape index (κ2) is 9.43. The van der Waals surface area contributed by atoms with Gasteiger partial charge in [0, 0.05) is 52.4 Å². The fourth-order valence-corrected chi connectivity index (χ4v) is 5.74. The van der Waals surface area contributed by atoms with E-state index in [0.717, 1.165) is 36.1 Å². The molecule has 0 N–H and O–H groups in total. The summed E-state index contributed by atoms with van der Waals surface area (Å²) in [6.45, 7) is 8.48. The van der Waals surface area contributed by atoms with Gasteiger partial charge in [-0.05, 0) is 25.6 Å². The lowest BCUT2D eigenvalue weighted by Gasteiger charge is -2.40. The molecular weight excluding hydrogens is 433 g/mol. The molecule has 0 saturated carbocycles. The molecule has 11 heteroatoms. The molecule has 2 fully saturated rings. The van der Waals surface area contributed by atoms with E-state index < -0.39 is 32.7 Å². The number of piperazine rings is 2. The maximum Gasteiger partial charge on any atom is 0.417 e. The molecule has 0 aliphatic carbocycles. The van der Waals surface area contributed by atoms with E-state index in [4.69, 9.17) is 0 Å². The minimum atomic E-state index is -4.76. The largest absolute Gasteiger partial charge is 0.417 e. The van der Waals surface area contributed by atoms with Crippen LogP contribution in [0.15, 0.2) is 29.2 Å². The van der Waals surface area contributed by atoms with Gasteiger partial charge in [-0.2, -0.15) is 17.5 Å². The molecule has 1 aromatic carbocycles. The van der Waals surface area contributed by atoms with Gasteiger partial charge in [-0.3, -0.25) is 9.69 Å². The number of nitrogens with zero attached hydrogens (tertiary/aromatic N) is 4. The molecule has 1 unspecified atom stereocenters. The van der Waals surface area contributed by atoms with E-state index in [1.165, 1.54) is 12.1 Å². The Kier molecular flexibility index (Phi) is 7.29.